The first kappa shape index (κ1) is 22.5. The summed E-state index contributed by atoms with van der Waals surface area (Å²) in [6, 6.07) is 10.5. The van der Waals surface area contributed by atoms with Gasteiger partial charge in [0.1, 0.15) is 11.9 Å². The largest absolute Gasteiger partial charge is 0.368 e. The van der Waals surface area contributed by atoms with Gasteiger partial charge in [0, 0.05) is 11.3 Å². The van der Waals surface area contributed by atoms with E-state index in [9.17, 15) is 23.6 Å². The van der Waals surface area contributed by atoms with Gasteiger partial charge in [0.25, 0.3) is 11.8 Å². The van der Waals surface area contributed by atoms with Gasteiger partial charge in [-0.15, -0.1) is 0 Å². The van der Waals surface area contributed by atoms with Gasteiger partial charge in [-0.1, -0.05) is 26.0 Å². The third kappa shape index (κ3) is 6.13. The number of primary amides is 1. The molecule has 0 saturated carbocycles. The van der Waals surface area contributed by atoms with Gasteiger partial charge in [0.2, 0.25) is 11.8 Å². The van der Waals surface area contributed by atoms with Crippen molar-refractivity contribution in [3.05, 3.63) is 65.5 Å². The van der Waals surface area contributed by atoms with Crippen molar-refractivity contribution in [3.8, 4) is 0 Å². The molecular formula is C21H23FN4O4. The van der Waals surface area contributed by atoms with Gasteiger partial charge >= 0.3 is 0 Å². The van der Waals surface area contributed by atoms with Crippen LogP contribution < -0.4 is 21.7 Å². The summed E-state index contributed by atoms with van der Waals surface area (Å²) in [5, 5.41) is 7.56. The average Bonchev–Trinajstić information content (AvgIpc) is 2.70. The van der Waals surface area contributed by atoms with Crippen LogP contribution in [0, 0.1) is 11.7 Å². The van der Waals surface area contributed by atoms with Crippen molar-refractivity contribution >= 4 is 29.3 Å². The average molecular weight is 414 g/mol. The van der Waals surface area contributed by atoms with Gasteiger partial charge in [-0.05, 0) is 42.3 Å². The van der Waals surface area contributed by atoms with E-state index in [-0.39, 0.29) is 23.6 Å². The molecule has 0 heterocycles. The highest BCUT2D eigenvalue weighted by Gasteiger charge is 2.25. The monoisotopic (exact) mass is 414 g/mol. The van der Waals surface area contributed by atoms with E-state index in [1.54, 1.807) is 13.8 Å². The summed E-state index contributed by atoms with van der Waals surface area (Å²) in [7, 11) is 0. The van der Waals surface area contributed by atoms with E-state index in [1.807, 2.05) is 0 Å². The predicted octanol–water partition coefficient (Wildman–Crippen LogP) is 1.43. The number of nitrogens with one attached hydrogen (secondary N) is 3. The number of hydrogen-bond donors (Lipinski definition) is 4. The number of hydrogen-bond acceptors (Lipinski definition) is 4. The SMILES string of the molecule is CC(C)C(NC(=O)c1ccccc1F)C(=O)Nc1ccc(C(=O)NCC(N)=O)cc1. The molecule has 0 aliphatic heterocycles. The van der Waals surface area contributed by atoms with Gasteiger partial charge in [-0.3, -0.25) is 19.2 Å². The van der Waals surface area contributed by atoms with Crippen molar-refractivity contribution in [3.63, 3.8) is 0 Å². The molecule has 0 bridgehead atoms. The van der Waals surface area contributed by atoms with E-state index in [4.69, 9.17) is 5.73 Å². The zero-order chi connectivity index (χ0) is 22.3. The molecule has 1 unspecified atom stereocenters. The molecule has 2 aromatic rings. The Labute approximate surface area is 173 Å². The van der Waals surface area contributed by atoms with Crippen molar-refractivity contribution in [2.75, 3.05) is 11.9 Å². The standard InChI is InChI=1S/C21H23FN4O4/c1-12(2)18(26-20(29)15-5-3-4-6-16(15)22)21(30)25-14-9-7-13(8-10-14)19(28)24-11-17(23)27/h3-10,12,18H,11H2,1-2H3,(H2,23,27)(H,24,28)(H,25,30)(H,26,29). The minimum atomic E-state index is -0.907. The molecule has 1 atom stereocenters. The van der Waals surface area contributed by atoms with Crippen molar-refractivity contribution < 1.29 is 23.6 Å². The zero-order valence-corrected chi connectivity index (χ0v) is 16.6. The van der Waals surface area contributed by atoms with Crippen LogP contribution in [0.25, 0.3) is 0 Å². The minimum absolute atomic E-state index is 0.151. The number of carbonyl (C=O) groups excluding carboxylic acids is 4. The van der Waals surface area contributed by atoms with Crippen LogP contribution in [-0.2, 0) is 9.59 Å². The second-order valence-corrected chi connectivity index (χ2v) is 6.89. The smallest absolute Gasteiger partial charge is 0.254 e. The summed E-state index contributed by atoms with van der Waals surface area (Å²) in [5.41, 5.74) is 5.51. The van der Waals surface area contributed by atoms with E-state index >= 15 is 0 Å². The molecule has 0 saturated heterocycles. The van der Waals surface area contributed by atoms with Crippen LogP contribution in [-0.4, -0.2) is 36.2 Å². The normalized spacial score (nSPS) is 11.5. The highest BCUT2D eigenvalue weighted by Crippen LogP contribution is 2.13. The molecule has 2 aromatic carbocycles. The van der Waals surface area contributed by atoms with Crippen LogP contribution in [0.2, 0.25) is 0 Å². The van der Waals surface area contributed by atoms with Gasteiger partial charge in [0.05, 0.1) is 12.1 Å². The molecule has 0 radical (unpaired) electrons. The number of benzene rings is 2. The second kappa shape index (κ2) is 10.1. The van der Waals surface area contributed by atoms with Gasteiger partial charge in [-0.25, -0.2) is 4.39 Å². The molecule has 0 aliphatic carbocycles. The van der Waals surface area contributed by atoms with Crippen LogP contribution >= 0.6 is 0 Å². The van der Waals surface area contributed by atoms with Crippen molar-refractivity contribution in [1.82, 2.24) is 10.6 Å². The van der Waals surface area contributed by atoms with Crippen molar-refractivity contribution in [1.29, 1.82) is 0 Å². The Hall–Kier alpha value is -3.75. The number of rotatable bonds is 8. The molecule has 8 nitrogen and oxygen atoms in total. The number of carbonyl (C=O) groups is 4. The lowest BCUT2D eigenvalue weighted by atomic mass is 10.0. The van der Waals surface area contributed by atoms with E-state index < -0.39 is 35.5 Å². The fraction of sp³-hybridized carbons (Fsp3) is 0.238. The third-order valence-corrected chi connectivity index (χ3v) is 4.19. The molecule has 9 heteroatoms. The summed E-state index contributed by atoms with van der Waals surface area (Å²) in [6.45, 7) is 3.21. The number of nitrogens with two attached hydrogens (primary N) is 1. The van der Waals surface area contributed by atoms with Crippen molar-refractivity contribution in [2.45, 2.75) is 19.9 Å². The molecular weight excluding hydrogens is 391 g/mol. The van der Waals surface area contributed by atoms with E-state index in [1.165, 1.54) is 48.5 Å². The maximum atomic E-state index is 13.8. The molecule has 0 fully saturated rings. The van der Waals surface area contributed by atoms with Crippen LogP contribution in [0.3, 0.4) is 0 Å². The first-order chi connectivity index (χ1) is 14.2. The van der Waals surface area contributed by atoms with Crippen LogP contribution in [0.4, 0.5) is 10.1 Å². The highest BCUT2D eigenvalue weighted by molar-refractivity contribution is 6.02. The maximum absolute atomic E-state index is 13.8. The summed E-state index contributed by atoms with van der Waals surface area (Å²) in [6.07, 6.45) is 0. The summed E-state index contributed by atoms with van der Waals surface area (Å²) >= 11 is 0. The third-order valence-electron chi connectivity index (χ3n) is 4.19. The van der Waals surface area contributed by atoms with E-state index in [0.717, 1.165) is 0 Å². The first-order valence-electron chi connectivity index (χ1n) is 9.22. The Morgan fingerprint density at radius 3 is 2.17 bits per heavy atom. The lowest BCUT2D eigenvalue weighted by molar-refractivity contribution is -0.119. The second-order valence-electron chi connectivity index (χ2n) is 6.89. The van der Waals surface area contributed by atoms with Gasteiger partial charge < -0.3 is 21.7 Å². The lowest BCUT2D eigenvalue weighted by Crippen LogP contribution is -2.47. The maximum Gasteiger partial charge on any atom is 0.254 e. The summed E-state index contributed by atoms with van der Waals surface area (Å²) in [4.78, 5) is 47.6. The Morgan fingerprint density at radius 1 is 0.967 bits per heavy atom. The molecule has 0 spiro atoms. The lowest BCUT2D eigenvalue weighted by Gasteiger charge is -2.22. The Kier molecular flexibility index (Phi) is 7.62. The molecule has 4 amide bonds. The van der Waals surface area contributed by atoms with Crippen LogP contribution in [0.15, 0.2) is 48.5 Å². The summed E-state index contributed by atoms with van der Waals surface area (Å²) in [5.74, 6) is -3.26. The molecule has 0 aromatic heterocycles. The van der Waals surface area contributed by atoms with Crippen molar-refractivity contribution in [2.24, 2.45) is 11.7 Å². The Morgan fingerprint density at radius 2 is 1.60 bits per heavy atom. The van der Waals surface area contributed by atoms with E-state index in [2.05, 4.69) is 16.0 Å². The predicted molar refractivity (Wildman–Crippen MR) is 109 cm³/mol. The highest BCUT2D eigenvalue weighted by atomic mass is 19.1. The van der Waals surface area contributed by atoms with Gasteiger partial charge in [0.15, 0.2) is 0 Å². The topological polar surface area (TPSA) is 130 Å². The fourth-order valence-electron chi connectivity index (χ4n) is 2.59. The molecule has 158 valence electrons. The van der Waals surface area contributed by atoms with Crippen LogP contribution in [0.1, 0.15) is 34.6 Å². The fourth-order valence-corrected chi connectivity index (χ4v) is 2.59. The minimum Gasteiger partial charge on any atom is -0.368 e. The van der Waals surface area contributed by atoms with Crippen LogP contribution in [0.5, 0.6) is 0 Å². The molecule has 5 N–H and O–H groups in total. The number of anilines is 1. The number of amides is 4. The Bertz CT molecular complexity index is 944. The molecule has 2 rings (SSSR count). The molecule has 30 heavy (non-hydrogen) atoms. The first-order valence-corrected chi connectivity index (χ1v) is 9.22. The summed E-state index contributed by atoms with van der Waals surface area (Å²) < 4.78 is 13.8. The van der Waals surface area contributed by atoms with Gasteiger partial charge in [-0.2, -0.15) is 0 Å². The quantitative estimate of drug-likeness (QED) is 0.521. The molecule has 0 aliphatic rings. The Balaban J connectivity index is 2.04. The number of halogens is 1. The zero-order valence-electron chi connectivity index (χ0n) is 16.6. The van der Waals surface area contributed by atoms with E-state index in [0.29, 0.717) is 5.69 Å².